The molecule has 15 N–H and O–H groups in total. The van der Waals surface area contributed by atoms with Crippen LogP contribution in [0.25, 0.3) is 10.9 Å². The predicted molar refractivity (Wildman–Crippen MR) is 313 cm³/mol. The van der Waals surface area contributed by atoms with E-state index in [4.69, 9.17) is 25.1 Å². The number of hydrogen-bond donors (Lipinski definition) is 14. The van der Waals surface area contributed by atoms with Gasteiger partial charge in [-0.05, 0) is 94.3 Å². The Morgan fingerprint density at radius 2 is 1.71 bits per heavy atom. The zero-order valence-electron chi connectivity index (χ0n) is 48.3. The first-order chi connectivity index (χ1) is 39.4. The molecule has 3 aromatic rings. The van der Waals surface area contributed by atoms with E-state index >= 15 is 9.59 Å². The van der Waals surface area contributed by atoms with Crippen LogP contribution in [-0.4, -0.2) is 213 Å². The number of carbonyl (C=O) groups is 5. The van der Waals surface area contributed by atoms with Crippen LogP contribution in [0.5, 0.6) is 5.75 Å². The Hall–Kier alpha value is -5.23. The number of likely N-dealkylation sites (N-methyl/N-ethyl adjacent to an activating group) is 2. The minimum absolute atomic E-state index is 0.0915. The second kappa shape index (κ2) is 26.6. The number of carboxylic acids is 1. The first-order valence-electron chi connectivity index (χ1n) is 28.2. The van der Waals surface area contributed by atoms with Crippen LogP contribution in [0.4, 0.5) is 10.5 Å². The summed E-state index contributed by atoms with van der Waals surface area (Å²) in [6.45, 7) is 8.24. The number of amides is 3. The molecule has 1 saturated heterocycles. The molecular formula is C57H84N8O16S2. The molecule has 0 bridgehead atoms. The Balaban J connectivity index is 1.21. The first kappa shape index (κ1) is 65.3. The third-order valence-corrected chi connectivity index (χ3v) is 20.5. The van der Waals surface area contributed by atoms with Gasteiger partial charge in [-0.2, -0.15) is 0 Å². The van der Waals surface area contributed by atoms with Gasteiger partial charge in [0.1, 0.15) is 54.3 Å². The summed E-state index contributed by atoms with van der Waals surface area (Å²) >= 11 is 0. The van der Waals surface area contributed by atoms with E-state index in [1.165, 1.54) is 14.2 Å². The van der Waals surface area contributed by atoms with E-state index in [0.717, 1.165) is 38.1 Å². The van der Waals surface area contributed by atoms with E-state index in [9.17, 15) is 50.1 Å². The van der Waals surface area contributed by atoms with Crippen molar-refractivity contribution in [3.63, 3.8) is 0 Å². The number of carboxylic acid groups (broad SMARTS) is 1. The molecule has 2 fully saturated rings. The van der Waals surface area contributed by atoms with E-state index in [1.54, 1.807) is 11.9 Å². The number of aliphatic hydroxyl groups excluding tert-OH is 5. The highest BCUT2D eigenvalue weighted by Crippen LogP contribution is 2.67. The van der Waals surface area contributed by atoms with Gasteiger partial charge < -0.3 is 81.3 Å². The molecule has 1 aromatic heterocycles. The third kappa shape index (κ3) is 11.7. The normalized spacial score (nSPS) is 25.6. The molecule has 3 amide bonds. The number of carbonyl (C=O) groups excluding carboxylic acids is 4. The molecule has 26 heteroatoms. The zero-order valence-corrected chi connectivity index (χ0v) is 50.0. The number of nitrogens with one attached hydrogen (secondary N) is 5. The number of fused-ring (bicyclic) bond motifs is 2. The number of ether oxygens (including phenoxy) is 3. The fourth-order valence-electron chi connectivity index (χ4n) is 14.0. The number of rotatable bonds is 28. The number of benzene rings is 2. The smallest absolute Gasteiger partial charge is 0.426 e. The number of hydrazine groups is 1. The van der Waals surface area contributed by atoms with E-state index in [0.29, 0.717) is 80.0 Å². The number of nitrogens with zero attached hydrogens (tertiary/aromatic N) is 2. The van der Waals surface area contributed by atoms with Crippen molar-refractivity contribution in [2.45, 2.75) is 143 Å². The van der Waals surface area contributed by atoms with Crippen molar-refractivity contribution in [3.8, 4) is 5.75 Å². The lowest BCUT2D eigenvalue weighted by molar-refractivity contribution is -0.204. The molecule has 1 spiro atoms. The summed E-state index contributed by atoms with van der Waals surface area (Å²) in [6.07, 6.45) is -2.12. The molecule has 3 aliphatic heterocycles. The molecule has 4 aliphatic rings. The maximum absolute atomic E-state index is 15.6. The summed E-state index contributed by atoms with van der Waals surface area (Å²) < 4.78 is 17.7. The van der Waals surface area contributed by atoms with Crippen LogP contribution in [-0.2, 0) is 45.9 Å². The van der Waals surface area contributed by atoms with Gasteiger partial charge in [-0.25, -0.2) is 15.0 Å². The third-order valence-electron chi connectivity index (χ3n) is 18.1. The number of esters is 1. The summed E-state index contributed by atoms with van der Waals surface area (Å²) in [6, 6.07) is 6.63. The topological polar surface area (TPSA) is 371 Å². The SMILES string of the molecule is CCC(O)(CC)C[C@@H](C)C[C@](C(=O)OC)(c1cc2c(cc1OC)N(C)[C@H]1[C@@](O)(C(=O)NNC(=O)OCCSSC[C@H](NC(=O)C(N)C(O)[C@H](O)[C@H](O)CO)C(=O)O)[C@H](O)[C@]3(CC)C=CCN4CC[C@]21[C@@H]43)c1[nH]c2ccccc2c1CCNC. The van der Waals surface area contributed by atoms with Crippen molar-refractivity contribution < 1.29 is 79.0 Å². The molecule has 2 aromatic carbocycles. The number of aliphatic carboxylic acids is 1. The second-order valence-corrected chi connectivity index (χ2v) is 25.2. The molecule has 83 heavy (non-hydrogen) atoms. The van der Waals surface area contributed by atoms with Crippen LogP contribution in [0.3, 0.4) is 0 Å². The summed E-state index contributed by atoms with van der Waals surface area (Å²) in [5.41, 5.74) is 6.68. The summed E-state index contributed by atoms with van der Waals surface area (Å²) in [7, 11) is 8.54. The van der Waals surface area contributed by atoms with Crippen molar-refractivity contribution in [2.75, 3.05) is 77.6 Å². The summed E-state index contributed by atoms with van der Waals surface area (Å²) in [4.78, 5) is 76.2. The van der Waals surface area contributed by atoms with Crippen molar-refractivity contribution in [3.05, 3.63) is 70.9 Å². The van der Waals surface area contributed by atoms with Crippen LogP contribution in [0.1, 0.15) is 88.6 Å². The van der Waals surface area contributed by atoms with Gasteiger partial charge in [0.15, 0.2) is 5.60 Å². The number of nitrogens with two attached hydrogens (primary N) is 1. The fraction of sp³-hybridized carbons (Fsp3) is 0.632. The highest BCUT2D eigenvalue weighted by atomic mass is 33.1. The number of H-pyrrole nitrogens is 1. The van der Waals surface area contributed by atoms with Gasteiger partial charge in [-0.1, -0.05) is 79.6 Å². The number of aliphatic hydroxyl groups is 7. The largest absolute Gasteiger partial charge is 0.496 e. The monoisotopic (exact) mass is 1200 g/mol. The Bertz CT molecular complexity index is 2860. The zero-order chi connectivity index (χ0) is 61.0. The molecule has 13 atom stereocenters. The number of aromatic amines is 1. The van der Waals surface area contributed by atoms with E-state index < -0.39 is 112 Å². The number of hydrogen-bond acceptors (Lipinski definition) is 21. The van der Waals surface area contributed by atoms with Crippen molar-refractivity contribution >= 4 is 68.0 Å². The maximum atomic E-state index is 15.6. The van der Waals surface area contributed by atoms with E-state index in [2.05, 4.69) is 31.4 Å². The van der Waals surface area contributed by atoms with Crippen LogP contribution >= 0.6 is 21.6 Å². The fourth-order valence-corrected chi connectivity index (χ4v) is 16.0. The Labute approximate surface area is 491 Å². The molecule has 460 valence electrons. The highest BCUT2D eigenvalue weighted by molar-refractivity contribution is 8.76. The molecule has 4 heterocycles. The predicted octanol–water partition coefficient (Wildman–Crippen LogP) is 0.678. The van der Waals surface area contributed by atoms with Crippen LogP contribution in [0.2, 0.25) is 0 Å². The van der Waals surface area contributed by atoms with E-state index in [1.807, 2.05) is 83.3 Å². The van der Waals surface area contributed by atoms with Gasteiger partial charge in [0.25, 0.3) is 5.91 Å². The van der Waals surface area contributed by atoms with Crippen LogP contribution < -0.4 is 36.9 Å². The average Bonchev–Trinajstić information content (AvgIpc) is 1.95. The van der Waals surface area contributed by atoms with Gasteiger partial charge in [-0.3, -0.25) is 24.7 Å². The average molecular weight is 1200 g/mol. The molecule has 0 radical (unpaired) electrons. The molecule has 1 aliphatic carbocycles. The summed E-state index contributed by atoms with van der Waals surface area (Å²) in [5.74, 6) is -4.37. The molecular weight excluding hydrogens is 1120 g/mol. The lowest BCUT2D eigenvalue weighted by Gasteiger charge is -2.63. The van der Waals surface area contributed by atoms with Gasteiger partial charge in [0.2, 0.25) is 5.91 Å². The number of aromatic nitrogens is 1. The lowest BCUT2D eigenvalue weighted by Crippen LogP contribution is -2.82. The summed E-state index contributed by atoms with van der Waals surface area (Å²) in [5, 5.41) is 93.1. The van der Waals surface area contributed by atoms with Gasteiger partial charge in [-0.15, -0.1) is 0 Å². The Morgan fingerprint density at radius 1 is 1.00 bits per heavy atom. The number of methoxy groups -OCH3 is 2. The highest BCUT2D eigenvalue weighted by Gasteiger charge is 2.79. The number of para-hydroxylation sites is 1. The first-order valence-corrected chi connectivity index (χ1v) is 30.7. The second-order valence-electron chi connectivity index (χ2n) is 22.6. The molecule has 24 nitrogen and oxygen atoms in total. The van der Waals surface area contributed by atoms with Crippen molar-refractivity contribution in [1.29, 1.82) is 0 Å². The maximum Gasteiger partial charge on any atom is 0.426 e. The molecule has 1 saturated carbocycles. The van der Waals surface area contributed by atoms with Gasteiger partial charge >= 0.3 is 18.0 Å². The van der Waals surface area contributed by atoms with Crippen LogP contribution in [0, 0.1) is 11.3 Å². The van der Waals surface area contributed by atoms with Gasteiger partial charge in [0, 0.05) is 75.9 Å². The van der Waals surface area contributed by atoms with Gasteiger partial charge in [0.05, 0.1) is 32.5 Å². The Morgan fingerprint density at radius 3 is 2.35 bits per heavy atom. The standard InChI is InChI=1S/C57H84N8O16S2/c1-9-53(77,10-2)27-31(4)28-56(51(75)80-8,44-33(17-20-59-5)32-15-12-13-16-36(32)60-44)35-25-34-38(26-40(35)79-7)64(6)48-55(34)19-22-65-21-14-18-54(11-3,47(55)65)49(73)57(48,78)50(74)62-63-52(76)81-23-24-82-83-30-37(46(71)72)61-45(70)41(58)43(69)42(68)39(67)29-66/h12-16,18,25-26,31,37,39,41-43,47-49,59-60,66-69,73,77-78H,9-11,17,19-24,27-30,58H2,1-8H3,(H,61,70)(H,62,74)(H,63,76)(H,71,72)/t31-,37+,39-,41?,42-,43?,47+,48-,49-,54-,55-,56+,57+/m1/s1. The van der Waals surface area contributed by atoms with Crippen LogP contribution in [0.15, 0.2) is 48.6 Å². The lowest BCUT2D eigenvalue weighted by atomic mass is 9.47. The van der Waals surface area contributed by atoms with Crippen molar-refractivity contribution in [1.82, 2.24) is 31.4 Å². The minimum Gasteiger partial charge on any atom is -0.496 e. The molecule has 7 rings (SSSR count). The number of anilines is 1. The van der Waals surface area contributed by atoms with E-state index in [-0.39, 0.29) is 36.9 Å². The quantitative estimate of drug-likeness (QED) is 0.0156. The minimum atomic E-state index is -2.65. The molecule has 2 unspecified atom stereocenters. The van der Waals surface area contributed by atoms with Crippen molar-refractivity contribution in [2.24, 2.45) is 17.1 Å². The Kier molecular flexibility index (Phi) is 20.9.